The summed E-state index contributed by atoms with van der Waals surface area (Å²) >= 11 is 0. The van der Waals surface area contributed by atoms with Gasteiger partial charge in [0.1, 0.15) is 5.82 Å². The molecular formula is C15H16FNO3. The Hall–Kier alpha value is -1.75. The van der Waals surface area contributed by atoms with Crippen molar-refractivity contribution in [3.05, 3.63) is 29.6 Å². The molecule has 0 N–H and O–H groups in total. The maximum atomic E-state index is 13.9. The van der Waals surface area contributed by atoms with Gasteiger partial charge in [-0.3, -0.25) is 14.5 Å². The number of nitrogens with zero attached hydrogens (tertiary/aromatic N) is 1. The number of hydrogen-bond acceptors (Lipinski definition) is 3. The minimum Gasteiger partial charge on any atom is -0.370 e. The van der Waals surface area contributed by atoms with Gasteiger partial charge in [-0.1, -0.05) is 6.07 Å². The molecule has 1 atom stereocenters. The fraction of sp³-hybridized carbons (Fsp3) is 0.467. The van der Waals surface area contributed by atoms with Crippen molar-refractivity contribution in [1.82, 2.24) is 0 Å². The summed E-state index contributed by atoms with van der Waals surface area (Å²) in [5.74, 6) is -1.85. The third kappa shape index (κ3) is 2.02. The molecule has 2 heterocycles. The first-order valence-electron chi connectivity index (χ1n) is 6.71. The lowest BCUT2D eigenvalue weighted by Crippen LogP contribution is -2.37. The Morgan fingerprint density at radius 2 is 2.15 bits per heavy atom. The fourth-order valence-electron chi connectivity index (χ4n) is 2.90. The molecule has 0 saturated carbocycles. The molecule has 20 heavy (non-hydrogen) atoms. The Morgan fingerprint density at radius 1 is 1.40 bits per heavy atom. The van der Waals surface area contributed by atoms with Gasteiger partial charge in [-0.15, -0.1) is 0 Å². The molecule has 0 radical (unpaired) electrons. The maximum Gasteiger partial charge on any atom is 0.299 e. The number of para-hydroxylation sites is 1. The third-order valence-electron chi connectivity index (χ3n) is 3.88. The van der Waals surface area contributed by atoms with Crippen LogP contribution >= 0.6 is 0 Å². The third-order valence-corrected chi connectivity index (χ3v) is 3.88. The van der Waals surface area contributed by atoms with Crippen LogP contribution in [0.1, 0.15) is 37.0 Å². The van der Waals surface area contributed by atoms with Crippen LogP contribution < -0.4 is 4.90 Å². The minimum atomic E-state index is -0.668. The smallest absolute Gasteiger partial charge is 0.299 e. The van der Waals surface area contributed by atoms with Crippen LogP contribution in [0.25, 0.3) is 0 Å². The van der Waals surface area contributed by atoms with E-state index in [1.807, 2.05) is 13.8 Å². The number of amides is 1. The van der Waals surface area contributed by atoms with E-state index in [0.717, 1.165) is 12.8 Å². The second-order valence-electron chi connectivity index (χ2n) is 5.92. The Kier molecular flexibility index (Phi) is 2.90. The molecule has 5 heteroatoms. The SMILES string of the molecule is CC1(C)CCC(CN2C(=O)C(=O)c3cccc(F)c32)O1. The number of carbonyl (C=O) groups is 2. The summed E-state index contributed by atoms with van der Waals surface area (Å²) in [6.45, 7) is 4.19. The predicted molar refractivity (Wildman–Crippen MR) is 71.3 cm³/mol. The summed E-state index contributed by atoms with van der Waals surface area (Å²) in [5.41, 5.74) is 0.0123. The average molecular weight is 277 g/mol. The highest BCUT2D eigenvalue weighted by atomic mass is 19.1. The molecule has 106 valence electrons. The summed E-state index contributed by atoms with van der Waals surface area (Å²) in [6, 6.07) is 4.19. The summed E-state index contributed by atoms with van der Waals surface area (Å²) in [6.07, 6.45) is 1.53. The normalized spacial score (nSPS) is 24.4. The van der Waals surface area contributed by atoms with Crippen molar-refractivity contribution in [2.45, 2.75) is 38.4 Å². The van der Waals surface area contributed by atoms with Gasteiger partial charge in [0, 0.05) is 0 Å². The van der Waals surface area contributed by atoms with Gasteiger partial charge in [-0.25, -0.2) is 4.39 Å². The van der Waals surface area contributed by atoms with Gasteiger partial charge < -0.3 is 4.74 Å². The molecule has 0 aromatic heterocycles. The van der Waals surface area contributed by atoms with Gasteiger partial charge >= 0.3 is 0 Å². The molecule has 1 aromatic carbocycles. The molecule has 1 unspecified atom stereocenters. The van der Waals surface area contributed by atoms with E-state index in [-0.39, 0.29) is 29.5 Å². The minimum absolute atomic E-state index is 0.0933. The Labute approximate surface area is 116 Å². The number of Topliss-reactive ketones (excluding diaryl/α,β-unsaturated/α-hetero) is 1. The number of halogens is 1. The van der Waals surface area contributed by atoms with E-state index in [0.29, 0.717) is 0 Å². The highest BCUT2D eigenvalue weighted by Crippen LogP contribution is 2.35. The van der Waals surface area contributed by atoms with E-state index in [4.69, 9.17) is 4.74 Å². The van der Waals surface area contributed by atoms with Crippen LogP contribution in [0.5, 0.6) is 0 Å². The quantitative estimate of drug-likeness (QED) is 0.779. The molecule has 1 fully saturated rings. The molecule has 0 spiro atoms. The van der Waals surface area contributed by atoms with Crippen LogP contribution in [-0.2, 0) is 9.53 Å². The van der Waals surface area contributed by atoms with Crippen molar-refractivity contribution in [1.29, 1.82) is 0 Å². The van der Waals surface area contributed by atoms with E-state index in [1.54, 1.807) is 0 Å². The zero-order valence-electron chi connectivity index (χ0n) is 11.5. The van der Waals surface area contributed by atoms with Crippen LogP contribution in [0.2, 0.25) is 0 Å². The molecule has 4 nitrogen and oxygen atoms in total. The zero-order chi connectivity index (χ0) is 14.5. The average Bonchev–Trinajstić information content (AvgIpc) is 2.84. The number of fused-ring (bicyclic) bond motifs is 1. The van der Waals surface area contributed by atoms with Crippen molar-refractivity contribution in [3.8, 4) is 0 Å². The Balaban J connectivity index is 1.88. The van der Waals surface area contributed by atoms with Gasteiger partial charge in [0.05, 0.1) is 29.5 Å². The monoisotopic (exact) mass is 277 g/mol. The second kappa shape index (κ2) is 4.38. The molecule has 0 aliphatic carbocycles. The Morgan fingerprint density at radius 3 is 2.80 bits per heavy atom. The first-order valence-corrected chi connectivity index (χ1v) is 6.71. The lowest BCUT2D eigenvalue weighted by molar-refractivity contribution is -0.115. The lowest BCUT2D eigenvalue weighted by Gasteiger charge is -2.23. The predicted octanol–water partition coefficient (Wildman–Crippen LogP) is 2.31. The number of ether oxygens (including phenoxy) is 1. The van der Waals surface area contributed by atoms with E-state index < -0.39 is 17.5 Å². The largest absolute Gasteiger partial charge is 0.370 e. The number of anilines is 1. The summed E-state index contributed by atoms with van der Waals surface area (Å²) < 4.78 is 19.7. The van der Waals surface area contributed by atoms with Crippen LogP contribution in [0.4, 0.5) is 10.1 Å². The van der Waals surface area contributed by atoms with Gasteiger partial charge in [0.15, 0.2) is 0 Å². The molecule has 0 bridgehead atoms. The topological polar surface area (TPSA) is 46.6 Å². The van der Waals surface area contributed by atoms with Gasteiger partial charge in [0.2, 0.25) is 0 Å². The van der Waals surface area contributed by atoms with Gasteiger partial charge in [-0.2, -0.15) is 0 Å². The van der Waals surface area contributed by atoms with Crippen LogP contribution in [0.15, 0.2) is 18.2 Å². The van der Waals surface area contributed by atoms with Crippen molar-refractivity contribution >= 4 is 17.4 Å². The standard InChI is InChI=1S/C15H16FNO3/c1-15(2)7-6-9(20-15)8-17-12-10(13(18)14(17)19)4-3-5-11(12)16/h3-5,9H,6-8H2,1-2H3. The maximum absolute atomic E-state index is 13.9. The van der Waals surface area contributed by atoms with E-state index >= 15 is 0 Å². The first-order chi connectivity index (χ1) is 9.39. The van der Waals surface area contributed by atoms with Crippen LogP contribution in [0, 0.1) is 5.82 Å². The van der Waals surface area contributed by atoms with Crippen LogP contribution in [-0.4, -0.2) is 29.9 Å². The molecule has 2 aliphatic rings. The molecule has 1 amide bonds. The summed E-state index contributed by atoms with van der Waals surface area (Å²) in [4.78, 5) is 25.1. The molecule has 2 aliphatic heterocycles. The summed E-state index contributed by atoms with van der Waals surface area (Å²) in [7, 11) is 0. The Bertz CT molecular complexity index is 597. The molecular weight excluding hydrogens is 261 g/mol. The highest BCUT2D eigenvalue weighted by molar-refractivity contribution is 6.52. The first kappa shape index (κ1) is 13.2. The number of benzene rings is 1. The molecule has 1 aromatic rings. The van der Waals surface area contributed by atoms with E-state index in [2.05, 4.69) is 0 Å². The second-order valence-corrected chi connectivity index (χ2v) is 5.92. The fourth-order valence-corrected chi connectivity index (χ4v) is 2.90. The zero-order valence-corrected chi connectivity index (χ0v) is 11.5. The van der Waals surface area contributed by atoms with Crippen molar-refractivity contribution < 1.29 is 18.7 Å². The van der Waals surface area contributed by atoms with Crippen molar-refractivity contribution in [2.24, 2.45) is 0 Å². The molecule has 3 rings (SSSR count). The van der Waals surface area contributed by atoms with Crippen molar-refractivity contribution in [2.75, 3.05) is 11.4 Å². The van der Waals surface area contributed by atoms with Gasteiger partial charge in [-0.05, 0) is 38.8 Å². The van der Waals surface area contributed by atoms with E-state index in [1.165, 1.54) is 23.1 Å². The van der Waals surface area contributed by atoms with Gasteiger partial charge in [0.25, 0.3) is 11.7 Å². The number of carbonyl (C=O) groups excluding carboxylic acids is 2. The lowest BCUT2D eigenvalue weighted by atomic mass is 10.1. The number of rotatable bonds is 2. The number of hydrogen-bond donors (Lipinski definition) is 0. The van der Waals surface area contributed by atoms with E-state index in [9.17, 15) is 14.0 Å². The van der Waals surface area contributed by atoms with Crippen molar-refractivity contribution in [3.63, 3.8) is 0 Å². The summed E-state index contributed by atoms with van der Waals surface area (Å²) in [5, 5.41) is 0. The molecule has 1 saturated heterocycles. The van der Waals surface area contributed by atoms with Crippen LogP contribution in [0.3, 0.4) is 0 Å². The highest BCUT2D eigenvalue weighted by Gasteiger charge is 2.41. The number of ketones is 1.